The molecule has 0 atom stereocenters. The van der Waals surface area contributed by atoms with Crippen molar-refractivity contribution in [3.8, 4) is 5.75 Å². The molecule has 23 heavy (non-hydrogen) atoms. The summed E-state index contributed by atoms with van der Waals surface area (Å²) in [6.45, 7) is 4.01. The lowest BCUT2D eigenvalue weighted by Gasteiger charge is -2.04. The van der Waals surface area contributed by atoms with Crippen molar-refractivity contribution >= 4 is 17.8 Å². The van der Waals surface area contributed by atoms with Gasteiger partial charge in [-0.05, 0) is 49.3 Å². The Bertz CT molecular complexity index is 811. The van der Waals surface area contributed by atoms with Crippen molar-refractivity contribution in [1.29, 1.82) is 0 Å². The van der Waals surface area contributed by atoms with Crippen LogP contribution < -0.4 is 4.74 Å². The van der Waals surface area contributed by atoms with Gasteiger partial charge in [-0.1, -0.05) is 35.9 Å². The molecule has 3 heteroatoms. The number of ether oxygens (including phenoxy) is 2. The molecule has 0 aromatic heterocycles. The molecule has 0 saturated carbocycles. The van der Waals surface area contributed by atoms with Crippen molar-refractivity contribution in [2.45, 2.75) is 13.8 Å². The van der Waals surface area contributed by atoms with Crippen LogP contribution in [0.15, 0.2) is 54.1 Å². The molecule has 0 N–H and O–H groups in total. The number of methoxy groups -OCH3 is 1. The molecule has 3 rings (SSSR count). The van der Waals surface area contributed by atoms with Crippen LogP contribution in [0.1, 0.15) is 22.3 Å². The number of cyclic esters (lactones) is 1. The standard InChI is InChI=1S/C20H18O3/c1-13-4-6-15(7-5-13)19-12-17(20(21)23-19)11-16-8-9-18(22-3)10-14(16)2/h4-12H,1-3H3/b17-11-. The van der Waals surface area contributed by atoms with E-state index in [9.17, 15) is 4.79 Å². The van der Waals surface area contributed by atoms with Crippen LogP contribution in [0.4, 0.5) is 0 Å². The molecule has 1 aliphatic heterocycles. The van der Waals surface area contributed by atoms with Crippen LogP contribution >= 0.6 is 0 Å². The lowest BCUT2D eigenvalue weighted by Crippen LogP contribution is -1.97. The quantitative estimate of drug-likeness (QED) is 0.627. The Kier molecular flexibility index (Phi) is 4.02. The van der Waals surface area contributed by atoms with E-state index in [0.717, 1.165) is 22.4 Å². The second-order valence-electron chi connectivity index (χ2n) is 5.59. The molecule has 0 spiro atoms. The summed E-state index contributed by atoms with van der Waals surface area (Å²) in [6, 6.07) is 13.7. The minimum absolute atomic E-state index is 0.323. The van der Waals surface area contributed by atoms with Gasteiger partial charge in [0.15, 0.2) is 0 Å². The summed E-state index contributed by atoms with van der Waals surface area (Å²) in [5, 5.41) is 0. The van der Waals surface area contributed by atoms with Gasteiger partial charge in [0.25, 0.3) is 0 Å². The summed E-state index contributed by atoms with van der Waals surface area (Å²) in [5.41, 5.74) is 4.64. The van der Waals surface area contributed by atoms with E-state index in [1.807, 2.05) is 62.4 Å². The van der Waals surface area contributed by atoms with Crippen LogP contribution in [0, 0.1) is 13.8 Å². The van der Waals surface area contributed by atoms with E-state index in [4.69, 9.17) is 9.47 Å². The topological polar surface area (TPSA) is 35.5 Å². The predicted molar refractivity (Wildman–Crippen MR) is 91.0 cm³/mol. The summed E-state index contributed by atoms with van der Waals surface area (Å²) in [4.78, 5) is 12.1. The second-order valence-corrected chi connectivity index (χ2v) is 5.59. The zero-order valence-electron chi connectivity index (χ0n) is 13.4. The molecule has 0 radical (unpaired) electrons. The summed E-state index contributed by atoms with van der Waals surface area (Å²) in [5.74, 6) is 1.07. The van der Waals surface area contributed by atoms with E-state index in [2.05, 4.69) is 0 Å². The smallest absolute Gasteiger partial charge is 0.343 e. The zero-order chi connectivity index (χ0) is 16.4. The monoisotopic (exact) mass is 306 g/mol. The summed E-state index contributed by atoms with van der Waals surface area (Å²) in [7, 11) is 1.64. The van der Waals surface area contributed by atoms with Crippen molar-refractivity contribution in [1.82, 2.24) is 0 Å². The molecule has 0 unspecified atom stereocenters. The fraction of sp³-hybridized carbons (Fsp3) is 0.150. The number of carbonyl (C=O) groups excluding carboxylic acids is 1. The van der Waals surface area contributed by atoms with E-state index in [1.165, 1.54) is 5.56 Å². The second kappa shape index (κ2) is 6.13. The zero-order valence-corrected chi connectivity index (χ0v) is 13.4. The third-order valence-corrected chi connectivity index (χ3v) is 3.85. The first kappa shape index (κ1) is 15.1. The van der Waals surface area contributed by atoms with Gasteiger partial charge in [0.2, 0.25) is 0 Å². The van der Waals surface area contributed by atoms with Crippen LogP contribution in [0.25, 0.3) is 11.8 Å². The lowest BCUT2D eigenvalue weighted by atomic mass is 10.0. The van der Waals surface area contributed by atoms with Gasteiger partial charge in [-0.3, -0.25) is 0 Å². The number of aryl methyl sites for hydroxylation is 2. The van der Waals surface area contributed by atoms with Gasteiger partial charge in [-0.15, -0.1) is 0 Å². The number of hydrogen-bond donors (Lipinski definition) is 0. The Morgan fingerprint density at radius 3 is 2.43 bits per heavy atom. The van der Waals surface area contributed by atoms with Crippen LogP contribution in [0.3, 0.4) is 0 Å². The molecule has 3 nitrogen and oxygen atoms in total. The Labute approximate surface area is 135 Å². The Morgan fingerprint density at radius 2 is 1.78 bits per heavy atom. The molecule has 116 valence electrons. The first-order chi connectivity index (χ1) is 11.1. The lowest BCUT2D eigenvalue weighted by molar-refractivity contribution is -0.130. The molecule has 1 aliphatic rings. The molecular weight excluding hydrogens is 288 g/mol. The number of rotatable bonds is 3. The maximum Gasteiger partial charge on any atom is 0.343 e. The van der Waals surface area contributed by atoms with Crippen LogP contribution in [0.5, 0.6) is 5.75 Å². The maximum absolute atomic E-state index is 12.1. The fourth-order valence-corrected chi connectivity index (χ4v) is 2.45. The SMILES string of the molecule is COc1ccc(/C=C2/C=C(c3ccc(C)cc3)OC2=O)c(C)c1. The van der Waals surface area contributed by atoms with Gasteiger partial charge < -0.3 is 9.47 Å². The summed E-state index contributed by atoms with van der Waals surface area (Å²) >= 11 is 0. The van der Waals surface area contributed by atoms with E-state index >= 15 is 0 Å². The number of hydrogen-bond acceptors (Lipinski definition) is 3. The van der Waals surface area contributed by atoms with Gasteiger partial charge in [-0.2, -0.15) is 0 Å². The van der Waals surface area contributed by atoms with Gasteiger partial charge in [0, 0.05) is 5.56 Å². The molecule has 2 aromatic rings. The highest BCUT2D eigenvalue weighted by molar-refractivity contribution is 6.05. The Hall–Kier alpha value is -2.81. The van der Waals surface area contributed by atoms with Crippen molar-refractivity contribution in [3.05, 3.63) is 76.4 Å². The molecule has 2 aromatic carbocycles. The summed E-state index contributed by atoms with van der Waals surface area (Å²) < 4.78 is 10.6. The van der Waals surface area contributed by atoms with E-state index in [1.54, 1.807) is 13.2 Å². The van der Waals surface area contributed by atoms with Gasteiger partial charge in [-0.25, -0.2) is 4.79 Å². The van der Waals surface area contributed by atoms with Gasteiger partial charge in [0.05, 0.1) is 12.7 Å². The van der Waals surface area contributed by atoms with Crippen molar-refractivity contribution in [3.63, 3.8) is 0 Å². The predicted octanol–water partition coefficient (Wildman–Crippen LogP) is 4.29. The highest BCUT2D eigenvalue weighted by Gasteiger charge is 2.22. The number of benzene rings is 2. The highest BCUT2D eigenvalue weighted by Crippen LogP contribution is 2.28. The Balaban J connectivity index is 1.93. The van der Waals surface area contributed by atoms with E-state index in [-0.39, 0.29) is 5.97 Å². The Morgan fingerprint density at radius 1 is 1.04 bits per heavy atom. The molecule has 0 aliphatic carbocycles. The van der Waals surface area contributed by atoms with E-state index < -0.39 is 0 Å². The third-order valence-electron chi connectivity index (χ3n) is 3.85. The molecule has 0 bridgehead atoms. The normalized spacial score (nSPS) is 15.5. The van der Waals surface area contributed by atoms with Crippen LogP contribution in [-0.4, -0.2) is 13.1 Å². The average Bonchev–Trinajstić information content (AvgIpc) is 2.91. The highest BCUT2D eigenvalue weighted by atomic mass is 16.5. The molecule has 0 saturated heterocycles. The maximum atomic E-state index is 12.1. The first-order valence-corrected chi connectivity index (χ1v) is 7.44. The number of carbonyl (C=O) groups is 1. The van der Waals surface area contributed by atoms with Gasteiger partial charge >= 0.3 is 5.97 Å². The average molecular weight is 306 g/mol. The first-order valence-electron chi connectivity index (χ1n) is 7.44. The summed E-state index contributed by atoms with van der Waals surface area (Å²) in [6.07, 6.45) is 3.63. The van der Waals surface area contributed by atoms with Crippen LogP contribution in [0.2, 0.25) is 0 Å². The van der Waals surface area contributed by atoms with Crippen LogP contribution in [-0.2, 0) is 9.53 Å². The van der Waals surface area contributed by atoms with Gasteiger partial charge in [0.1, 0.15) is 11.5 Å². The largest absolute Gasteiger partial charge is 0.497 e. The minimum Gasteiger partial charge on any atom is -0.497 e. The minimum atomic E-state index is -0.323. The molecule has 1 heterocycles. The molecular formula is C20H18O3. The van der Waals surface area contributed by atoms with E-state index in [0.29, 0.717) is 11.3 Å². The fourth-order valence-electron chi connectivity index (χ4n) is 2.45. The molecule has 0 fully saturated rings. The van der Waals surface area contributed by atoms with Crippen molar-refractivity contribution < 1.29 is 14.3 Å². The third kappa shape index (κ3) is 3.19. The molecule has 0 amide bonds. The van der Waals surface area contributed by atoms with Crippen molar-refractivity contribution in [2.24, 2.45) is 0 Å². The van der Waals surface area contributed by atoms with Crippen molar-refractivity contribution in [2.75, 3.05) is 7.11 Å². The number of esters is 1.